The number of hydrogen-bond donors (Lipinski definition) is 2. The quantitative estimate of drug-likeness (QED) is 0.842. The minimum absolute atomic E-state index is 0.163. The van der Waals surface area contributed by atoms with Crippen LogP contribution in [0.5, 0.6) is 0 Å². The van der Waals surface area contributed by atoms with E-state index in [-0.39, 0.29) is 6.03 Å². The van der Waals surface area contributed by atoms with Crippen LogP contribution in [0.2, 0.25) is 0 Å². The molecule has 1 aromatic carbocycles. The van der Waals surface area contributed by atoms with E-state index < -0.39 is 0 Å². The fraction of sp³-hybridized carbons (Fsp3) is 0.368. The van der Waals surface area contributed by atoms with Crippen LogP contribution in [0.15, 0.2) is 42.6 Å². The Morgan fingerprint density at radius 2 is 2.00 bits per heavy atom. The minimum Gasteiger partial charge on any atom is -0.337 e. The van der Waals surface area contributed by atoms with Crippen molar-refractivity contribution in [3.05, 3.63) is 59.4 Å². The molecular formula is C19H25N3O. The summed E-state index contributed by atoms with van der Waals surface area (Å²) in [7, 11) is 0. The van der Waals surface area contributed by atoms with Gasteiger partial charge in [-0.3, -0.25) is 4.98 Å². The lowest BCUT2D eigenvalue weighted by atomic mass is 9.96. The van der Waals surface area contributed by atoms with Gasteiger partial charge in [0.15, 0.2) is 0 Å². The first-order chi connectivity index (χ1) is 11.1. The van der Waals surface area contributed by atoms with Crippen LogP contribution in [-0.2, 0) is 12.8 Å². The highest BCUT2D eigenvalue weighted by Gasteiger charge is 2.12. The minimum atomic E-state index is -0.163. The summed E-state index contributed by atoms with van der Waals surface area (Å²) >= 11 is 0. The fourth-order valence-electron chi connectivity index (χ4n) is 2.56. The number of benzene rings is 1. The fourth-order valence-corrected chi connectivity index (χ4v) is 2.56. The van der Waals surface area contributed by atoms with Gasteiger partial charge in [0.1, 0.15) is 0 Å². The number of anilines is 1. The smallest absolute Gasteiger partial charge is 0.319 e. The molecule has 4 nitrogen and oxygen atoms in total. The molecule has 0 atom stereocenters. The summed E-state index contributed by atoms with van der Waals surface area (Å²) in [5.41, 5.74) is 4.25. The number of aromatic nitrogens is 1. The number of urea groups is 1. The third kappa shape index (κ3) is 4.81. The summed E-state index contributed by atoms with van der Waals surface area (Å²) in [5.74, 6) is 0.366. The van der Waals surface area contributed by atoms with Crippen LogP contribution < -0.4 is 10.6 Å². The first-order valence-corrected chi connectivity index (χ1v) is 8.18. The second-order valence-corrected chi connectivity index (χ2v) is 5.84. The van der Waals surface area contributed by atoms with E-state index >= 15 is 0 Å². The predicted molar refractivity (Wildman–Crippen MR) is 94.9 cm³/mol. The lowest BCUT2D eigenvalue weighted by Crippen LogP contribution is -2.31. The van der Waals surface area contributed by atoms with Gasteiger partial charge in [-0.25, -0.2) is 4.79 Å². The number of amides is 2. The third-order valence-electron chi connectivity index (χ3n) is 3.82. The van der Waals surface area contributed by atoms with Crippen LogP contribution in [0.3, 0.4) is 0 Å². The Morgan fingerprint density at radius 3 is 2.65 bits per heavy atom. The molecule has 23 heavy (non-hydrogen) atoms. The third-order valence-corrected chi connectivity index (χ3v) is 3.82. The summed E-state index contributed by atoms with van der Waals surface area (Å²) < 4.78 is 0. The van der Waals surface area contributed by atoms with E-state index in [9.17, 15) is 4.79 Å². The van der Waals surface area contributed by atoms with Crippen LogP contribution in [0.1, 0.15) is 43.5 Å². The second-order valence-electron chi connectivity index (χ2n) is 5.84. The lowest BCUT2D eigenvalue weighted by Gasteiger charge is -2.18. The van der Waals surface area contributed by atoms with E-state index in [4.69, 9.17) is 0 Å². The predicted octanol–water partition coefficient (Wildman–Crippen LogP) is 4.13. The number of carbonyl (C=O) groups is 1. The van der Waals surface area contributed by atoms with Crippen molar-refractivity contribution in [1.29, 1.82) is 0 Å². The van der Waals surface area contributed by atoms with Gasteiger partial charge in [0.2, 0.25) is 0 Å². The molecule has 0 aliphatic carbocycles. The first-order valence-electron chi connectivity index (χ1n) is 8.18. The van der Waals surface area contributed by atoms with Crippen LogP contribution in [0.4, 0.5) is 10.5 Å². The van der Waals surface area contributed by atoms with Crippen molar-refractivity contribution in [2.24, 2.45) is 0 Å². The molecule has 1 heterocycles. The van der Waals surface area contributed by atoms with E-state index in [2.05, 4.69) is 54.6 Å². The van der Waals surface area contributed by atoms with Crippen molar-refractivity contribution < 1.29 is 4.79 Å². The summed E-state index contributed by atoms with van der Waals surface area (Å²) in [6, 6.07) is 11.8. The molecule has 2 aromatic rings. The number of nitrogens with one attached hydrogen (secondary N) is 2. The topological polar surface area (TPSA) is 54.0 Å². The Bertz CT molecular complexity index is 638. The van der Waals surface area contributed by atoms with Crippen LogP contribution >= 0.6 is 0 Å². The summed E-state index contributed by atoms with van der Waals surface area (Å²) in [4.78, 5) is 16.5. The van der Waals surface area contributed by atoms with E-state index in [1.54, 1.807) is 6.20 Å². The molecule has 0 unspecified atom stereocenters. The monoisotopic (exact) mass is 311 g/mol. The molecule has 0 bridgehead atoms. The molecule has 2 rings (SSSR count). The highest BCUT2D eigenvalue weighted by molar-refractivity contribution is 5.91. The Kier molecular flexibility index (Phi) is 6.15. The van der Waals surface area contributed by atoms with Gasteiger partial charge < -0.3 is 10.6 Å². The highest BCUT2D eigenvalue weighted by atomic mass is 16.2. The van der Waals surface area contributed by atoms with E-state index in [1.165, 1.54) is 5.56 Å². The van der Waals surface area contributed by atoms with Crippen LogP contribution in [-0.4, -0.2) is 17.6 Å². The van der Waals surface area contributed by atoms with Gasteiger partial charge in [-0.2, -0.15) is 0 Å². The number of rotatable bonds is 6. The highest BCUT2D eigenvalue weighted by Crippen LogP contribution is 2.28. The van der Waals surface area contributed by atoms with E-state index in [0.717, 1.165) is 29.8 Å². The molecule has 1 aromatic heterocycles. The lowest BCUT2D eigenvalue weighted by molar-refractivity contribution is 0.252. The number of para-hydroxylation sites is 1. The molecule has 0 spiro atoms. The number of hydrogen-bond acceptors (Lipinski definition) is 2. The molecule has 2 amide bonds. The van der Waals surface area contributed by atoms with Gasteiger partial charge in [0.05, 0.1) is 0 Å². The van der Waals surface area contributed by atoms with Crippen LogP contribution in [0, 0.1) is 0 Å². The molecule has 122 valence electrons. The van der Waals surface area contributed by atoms with Crippen molar-refractivity contribution in [1.82, 2.24) is 10.3 Å². The first kappa shape index (κ1) is 17.0. The molecular weight excluding hydrogens is 286 g/mol. The molecule has 2 N–H and O–H groups in total. The number of nitrogens with zero attached hydrogens (tertiary/aromatic N) is 1. The number of carbonyl (C=O) groups excluding carboxylic acids is 1. The summed E-state index contributed by atoms with van der Waals surface area (Å²) in [6.07, 6.45) is 3.38. The van der Waals surface area contributed by atoms with Gasteiger partial charge in [0.25, 0.3) is 0 Å². The van der Waals surface area contributed by atoms with Crippen molar-refractivity contribution in [3.8, 4) is 0 Å². The maximum atomic E-state index is 12.2. The van der Waals surface area contributed by atoms with Crippen molar-refractivity contribution in [3.63, 3.8) is 0 Å². The largest absolute Gasteiger partial charge is 0.337 e. The van der Waals surface area contributed by atoms with E-state index in [0.29, 0.717) is 12.5 Å². The van der Waals surface area contributed by atoms with Crippen molar-refractivity contribution >= 4 is 11.7 Å². The second kappa shape index (κ2) is 8.32. The maximum Gasteiger partial charge on any atom is 0.319 e. The van der Waals surface area contributed by atoms with E-state index in [1.807, 2.05) is 18.2 Å². The molecule has 4 heteroatoms. The molecule has 0 saturated carbocycles. The normalized spacial score (nSPS) is 10.6. The molecule has 0 radical (unpaired) electrons. The van der Waals surface area contributed by atoms with Gasteiger partial charge in [-0.15, -0.1) is 0 Å². The summed E-state index contributed by atoms with van der Waals surface area (Å²) in [5, 5.41) is 5.93. The summed E-state index contributed by atoms with van der Waals surface area (Å²) in [6.45, 7) is 6.94. The zero-order valence-electron chi connectivity index (χ0n) is 14.1. The average molecular weight is 311 g/mol. The average Bonchev–Trinajstić information content (AvgIpc) is 2.55. The van der Waals surface area contributed by atoms with Crippen molar-refractivity contribution in [2.45, 2.75) is 39.5 Å². The van der Waals surface area contributed by atoms with Gasteiger partial charge in [-0.1, -0.05) is 45.0 Å². The molecule has 0 fully saturated rings. The molecule has 0 saturated heterocycles. The van der Waals surface area contributed by atoms with Gasteiger partial charge >= 0.3 is 6.03 Å². The Labute approximate surface area is 138 Å². The van der Waals surface area contributed by atoms with Gasteiger partial charge in [-0.05, 0) is 35.6 Å². The van der Waals surface area contributed by atoms with Crippen LogP contribution in [0.25, 0.3) is 0 Å². The molecule has 0 aliphatic heterocycles. The number of aryl methyl sites for hydroxylation is 1. The van der Waals surface area contributed by atoms with Gasteiger partial charge in [0, 0.05) is 30.5 Å². The van der Waals surface area contributed by atoms with Crippen molar-refractivity contribution in [2.75, 3.05) is 11.9 Å². The number of pyridine rings is 1. The SMILES string of the molecule is CCc1cccc(C(C)C)c1NC(=O)NCCc1ccccn1. The molecule has 0 aliphatic rings. The standard InChI is InChI=1S/C19H25N3O/c1-4-15-8-7-10-17(14(2)3)18(15)22-19(23)21-13-11-16-9-5-6-12-20-16/h5-10,12,14H,4,11,13H2,1-3H3,(H2,21,22,23). The zero-order valence-corrected chi connectivity index (χ0v) is 14.1. The zero-order chi connectivity index (χ0) is 16.7. The Morgan fingerprint density at radius 1 is 1.17 bits per heavy atom. The Hall–Kier alpha value is -2.36. The Balaban J connectivity index is 1.97. The maximum absolute atomic E-state index is 12.2.